The average Bonchev–Trinajstić information content (AvgIpc) is 2.97. The molecule has 1 fully saturated rings. The van der Waals surface area contributed by atoms with Crippen LogP contribution >= 0.6 is 12.2 Å². The lowest BCUT2D eigenvalue weighted by atomic mass is 10.0. The van der Waals surface area contributed by atoms with E-state index in [4.69, 9.17) is 17.0 Å². The third kappa shape index (κ3) is 6.89. The van der Waals surface area contributed by atoms with Crippen molar-refractivity contribution in [3.63, 3.8) is 0 Å². The number of ether oxygens (including phenoxy) is 1. The normalized spacial score (nSPS) is 15.9. The zero-order valence-electron chi connectivity index (χ0n) is 22.5. The maximum atomic E-state index is 13.2. The zero-order chi connectivity index (χ0) is 27.6. The summed E-state index contributed by atoms with van der Waals surface area (Å²) in [6.45, 7) is 5.15. The number of carbonyl (C=O) groups is 2. The molecule has 0 radical (unpaired) electrons. The fraction of sp³-hybridized carbons (Fsp3) is 0.242. The van der Waals surface area contributed by atoms with Crippen LogP contribution in [0.5, 0.6) is 0 Å². The molecular formula is C33H34N2O3S. The predicted octanol–water partition coefficient (Wildman–Crippen LogP) is 7.06. The maximum Gasteiger partial charge on any atom is 0.265 e. The first-order valence-corrected chi connectivity index (χ1v) is 13.9. The van der Waals surface area contributed by atoms with Crippen molar-refractivity contribution in [1.29, 1.82) is 0 Å². The molecule has 1 saturated heterocycles. The summed E-state index contributed by atoms with van der Waals surface area (Å²) >= 11 is 5.54. The van der Waals surface area contributed by atoms with Crippen LogP contribution in [0, 0.1) is 0 Å². The number of unbranched alkanes of at least 4 members (excludes halogenated alkanes) is 2. The molecule has 2 aliphatic rings. The van der Waals surface area contributed by atoms with Gasteiger partial charge in [0.2, 0.25) is 0 Å². The first kappa shape index (κ1) is 28.0. The summed E-state index contributed by atoms with van der Waals surface area (Å²) in [4.78, 5) is 29.5. The number of hydrogen-bond donors (Lipinski definition) is 0. The number of carbonyl (C=O) groups excluding carboxylic acids is 2. The summed E-state index contributed by atoms with van der Waals surface area (Å²) in [5, 5.41) is 0.314. The summed E-state index contributed by atoms with van der Waals surface area (Å²) in [6, 6.07) is 19.9. The van der Waals surface area contributed by atoms with Crippen molar-refractivity contribution in [1.82, 2.24) is 9.80 Å². The molecule has 2 amide bonds. The lowest BCUT2D eigenvalue weighted by molar-refractivity contribution is -0.133. The van der Waals surface area contributed by atoms with Crippen molar-refractivity contribution >= 4 is 40.7 Å². The minimum atomic E-state index is -0.327. The molecule has 0 spiro atoms. The van der Waals surface area contributed by atoms with Gasteiger partial charge in [-0.15, -0.1) is 0 Å². The van der Waals surface area contributed by atoms with Crippen LogP contribution in [0.1, 0.15) is 50.7 Å². The van der Waals surface area contributed by atoms with Gasteiger partial charge in [0.15, 0.2) is 5.11 Å². The molecule has 2 aliphatic heterocycles. The highest BCUT2D eigenvalue weighted by Gasteiger charge is 2.38. The Hall–Kier alpha value is -4.03. The predicted molar refractivity (Wildman–Crippen MR) is 161 cm³/mol. The van der Waals surface area contributed by atoms with Gasteiger partial charge < -0.3 is 4.74 Å². The molecule has 4 rings (SSSR count). The lowest BCUT2D eigenvalue weighted by Crippen LogP contribution is -2.56. The van der Waals surface area contributed by atoms with Crippen molar-refractivity contribution in [2.45, 2.75) is 39.5 Å². The van der Waals surface area contributed by atoms with E-state index < -0.39 is 0 Å². The third-order valence-electron chi connectivity index (χ3n) is 6.48. The minimum Gasteiger partial charge on any atom is -0.456 e. The highest BCUT2D eigenvalue weighted by atomic mass is 32.1. The highest BCUT2D eigenvalue weighted by Crippen LogP contribution is 2.32. The smallest absolute Gasteiger partial charge is 0.265 e. The number of benzene rings is 2. The lowest BCUT2D eigenvalue weighted by Gasteiger charge is -2.36. The van der Waals surface area contributed by atoms with Gasteiger partial charge in [0, 0.05) is 24.2 Å². The van der Waals surface area contributed by atoms with E-state index in [1.54, 1.807) is 22.0 Å². The molecule has 0 aromatic heterocycles. The number of thiocarbonyl (C=S) groups is 1. The fourth-order valence-corrected chi connectivity index (χ4v) is 4.65. The Kier molecular flexibility index (Phi) is 9.81. The number of allylic oxidation sites excluding steroid dienone is 7. The Morgan fingerprint density at radius 2 is 1.18 bits per heavy atom. The third-order valence-corrected chi connectivity index (χ3v) is 6.92. The van der Waals surface area contributed by atoms with E-state index in [1.165, 1.54) is 0 Å². The van der Waals surface area contributed by atoms with Gasteiger partial charge in [-0.2, -0.15) is 0 Å². The Morgan fingerprint density at radius 1 is 0.718 bits per heavy atom. The molecule has 0 aliphatic carbocycles. The standard InChI is InChI=1S/C33H34N2O3S/c1-3-5-21-34-31(36)28(32(37)35(33(34)39)22-6-4-2)20-14-13-15-25-23-29(26-16-9-7-10-17-26)38-30(24-25)27-18-11-8-12-19-27/h7-20,23-24H,3-6,21-22H2,1-2H3/b14-13+. The van der Waals surface area contributed by atoms with Gasteiger partial charge in [0.25, 0.3) is 11.8 Å². The van der Waals surface area contributed by atoms with Gasteiger partial charge in [-0.25, -0.2) is 0 Å². The van der Waals surface area contributed by atoms with Crippen LogP contribution in [0.3, 0.4) is 0 Å². The maximum absolute atomic E-state index is 13.2. The van der Waals surface area contributed by atoms with E-state index >= 15 is 0 Å². The second kappa shape index (κ2) is 13.7. The molecule has 2 aromatic rings. The molecule has 2 heterocycles. The molecule has 0 N–H and O–H groups in total. The summed E-state index contributed by atoms with van der Waals surface area (Å²) in [6.07, 6.45) is 14.6. The first-order chi connectivity index (χ1) is 19.0. The van der Waals surface area contributed by atoms with E-state index in [1.807, 2.05) is 85.0 Å². The van der Waals surface area contributed by atoms with Crippen molar-refractivity contribution in [2.75, 3.05) is 13.1 Å². The van der Waals surface area contributed by atoms with Crippen LogP contribution < -0.4 is 0 Å². The van der Waals surface area contributed by atoms with E-state index in [9.17, 15) is 9.59 Å². The quantitative estimate of drug-likeness (QED) is 0.185. The molecule has 200 valence electrons. The van der Waals surface area contributed by atoms with E-state index in [0.717, 1.165) is 53.9 Å². The van der Waals surface area contributed by atoms with Crippen LogP contribution in [-0.4, -0.2) is 39.8 Å². The number of nitrogens with zero attached hydrogens (tertiary/aromatic N) is 2. The van der Waals surface area contributed by atoms with Crippen molar-refractivity contribution in [2.24, 2.45) is 0 Å². The van der Waals surface area contributed by atoms with E-state index in [0.29, 0.717) is 18.2 Å². The summed E-state index contributed by atoms with van der Waals surface area (Å²) < 4.78 is 6.25. The average molecular weight is 539 g/mol. The monoisotopic (exact) mass is 538 g/mol. The molecule has 2 aromatic carbocycles. The second-order valence-corrected chi connectivity index (χ2v) is 9.75. The Bertz CT molecular complexity index is 1260. The molecular weight excluding hydrogens is 504 g/mol. The van der Waals surface area contributed by atoms with Crippen molar-refractivity contribution in [3.05, 3.63) is 119 Å². The van der Waals surface area contributed by atoms with Crippen LogP contribution in [-0.2, 0) is 14.3 Å². The van der Waals surface area contributed by atoms with Gasteiger partial charge in [-0.05, 0) is 48.9 Å². The van der Waals surface area contributed by atoms with Crippen molar-refractivity contribution in [3.8, 4) is 0 Å². The molecule has 0 atom stereocenters. The summed E-state index contributed by atoms with van der Waals surface area (Å²) in [5.74, 6) is 0.845. The Balaban J connectivity index is 1.62. The van der Waals surface area contributed by atoms with Crippen LogP contribution in [0.2, 0.25) is 0 Å². The van der Waals surface area contributed by atoms with Gasteiger partial charge in [0.05, 0.1) is 0 Å². The van der Waals surface area contributed by atoms with Crippen molar-refractivity contribution < 1.29 is 14.3 Å². The molecule has 0 saturated carbocycles. The number of amides is 2. The fourth-order valence-electron chi connectivity index (χ4n) is 4.30. The van der Waals surface area contributed by atoms with Gasteiger partial charge in [-0.3, -0.25) is 19.4 Å². The topological polar surface area (TPSA) is 49.9 Å². The summed E-state index contributed by atoms with van der Waals surface area (Å²) in [5.41, 5.74) is 3.03. The summed E-state index contributed by atoms with van der Waals surface area (Å²) in [7, 11) is 0. The van der Waals surface area contributed by atoms with Gasteiger partial charge in [0.1, 0.15) is 17.1 Å². The molecule has 5 nitrogen and oxygen atoms in total. The molecule has 6 heteroatoms. The largest absolute Gasteiger partial charge is 0.456 e. The van der Waals surface area contributed by atoms with E-state index in [-0.39, 0.29) is 17.4 Å². The number of rotatable bonds is 10. The van der Waals surface area contributed by atoms with Gasteiger partial charge >= 0.3 is 0 Å². The Morgan fingerprint density at radius 3 is 1.64 bits per heavy atom. The molecule has 39 heavy (non-hydrogen) atoms. The molecule has 0 unspecified atom stereocenters. The van der Waals surface area contributed by atoms with Gasteiger partial charge in [-0.1, -0.05) is 106 Å². The highest BCUT2D eigenvalue weighted by molar-refractivity contribution is 7.80. The van der Waals surface area contributed by atoms with E-state index in [2.05, 4.69) is 13.8 Å². The minimum absolute atomic E-state index is 0.137. The first-order valence-electron chi connectivity index (χ1n) is 13.5. The van der Waals surface area contributed by atoms with Crippen LogP contribution in [0.25, 0.3) is 11.5 Å². The molecule has 0 bridgehead atoms. The zero-order valence-corrected chi connectivity index (χ0v) is 23.3. The van der Waals surface area contributed by atoms with Crippen LogP contribution in [0.4, 0.5) is 0 Å². The number of hydrogen-bond acceptors (Lipinski definition) is 4. The van der Waals surface area contributed by atoms with Crippen LogP contribution in [0.15, 0.2) is 108 Å². The SMILES string of the molecule is CCCCN1C(=O)C(=C/C=C/C=C2C=C(c3ccccc3)OC(c3ccccc3)=C2)C(=O)N(CCCC)C1=S. The second-order valence-electron chi connectivity index (χ2n) is 9.39. The Labute approximate surface area is 236 Å².